The van der Waals surface area contributed by atoms with Crippen molar-refractivity contribution in [1.82, 2.24) is 9.62 Å². The van der Waals surface area contributed by atoms with Crippen LogP contribution in [0.5, 0.6) is 0 Å². The number of amides is 2. The Balaban J connectivity index is 1.78. The van der Waals surface area contributed by atoms with E-state index in [0.29, 0.717) is 16.8 Å². The molecule has 27 heavy (non-hydrogen) atoms. The number of carbonyl (C=O) groups excluding carboxylic acids is 2. The van der Waals surface area contributed by atoms with Crippen LogP contribution in [-0.2, 0) is 26.0 Å². The third kappa shape index (κ3) is 3.00. The third-order valence-corrected chi connectivity index (χ3v) is 6.82. The van der Waals surface area contributed by atoms with Crippen LogP contribution in [0.1, 0.15) is 22.7 Å². The molecule has 0 spiro atoms. The van der Waals surface area contributed by atoms with E-state index in [1.807, 2.05) is 19.1 Å². The molecular formula is C19H19N3O4S. The molecule has 2 aliphatic heterocycles. The second-order valence-electron chi connectivity index (χ2n) is 6.71. The number of nitrogens with one attached hydrogen (secondary N) is 2. The number of aryl methyl sites for hydroxylation is 1. The van der Waals surface area contributed by atoms with Gasteiger partial charge < -0.3 is 10.6 Å². The van der Waals surface area contributed by atoms with Gasteiger partial charge in [0.2, 0.25) is 21.8 Å². The lowest BCUT2D eigenvalue weighted by atomic mass is 9.99. The van der Waals surface area contributed by atoms with Crippen LogP contribution in [0, 0.1) is 6.92 Å². The standard InChI is InChI=1S/C19H19N3O4S/c1-12-4-2-3-5-15(12)18-19(24)20-8-9-22(18)27(25,26)14-6-7-16-13(10-14)11-17(23)21-16/h2-7,10,18H,8-9,11H2,1H3,(H,20,24)(H,21,23). The molecule has 2 amide bonds. The fourth-order valence-corrected chi connectivity index (χ4v) is 5.22. The first-order chi connectivity index (χ1) is 12.9. The predicted molar refractivity (Wildman–Crippen MR) is 99.6 cm³/mol. The Morgan fingerprint density at radius 3 is 2.67 bits per heavy atom. The molecule has 0 aliphatic carbocycles. The number of hydrogen-bond acceptors (Lipinski definition) is 4. The van der Waals surface area contributed by atoms with Crippen molar-refractivity contribution in [1.29, 1.82) is 0 Å². The summed E-state index contributed by atoms with van der Waals surface area (Å²) in [5, 5.41) is 5.45. The average Bonchev–Trinajstić information content (AvgIpc) is 3.01. The molecule has 4 rings (SSSR count). The SMILES string of the molecule is Cc1ccccc1C1C(=O)NCCN1S(=O)(=O)c1ccc2c(c1)CC(=O)N2. The summed E-state index contributed by atoms with van der Waals surface area (Å²) in [6.07, 6.45) is 0.153. The Hall–Kier alpha value is -2.71. The largest absolute Gasteiger partial charge is 0.353 e. The minimum atomic E-state index is -3.91. The summed E-state index contributed by atoms with van der Waals surface area (Å²) in [6, 6.07) is 10.9. The molecule has 2 aliphatic rings. The van der Waals surface area contributed by atoms with E-state index in [2.05, 4.69) is 10.6 Å². The van der Waals surface area contributed by atoms with Crippen LogP contribution in [0.2, 0.25) is 0 Å². The molecule has 0 bridgehead atoms. The molecule has 2 aromatic carbocycles. The van der Waals surface area contributed by atoms with E-state index in [9.17, 15) is 18.0 Å². The van der Waals surface area contributed by atoms with E-state index in [4.69, 9.17) is 0 Å². The number of rotatable bonds is 3. The van der Waals surface area contributed by atoms with Crippen LogP contribution in [0.25, 0.3) is 0 Å². The number of piperazine rings is 1. The number of hydrogen-bond donors (Lipinski definition) is 2. The molecule has 140 valence electrons. The van der Waals surface area contributed by atoms with E-state index in [-0.39, 0.29) is 36.2 Å². The number of carbonyl (C=O) groups is 2. The van der Waals surface area contributed by atoms with Crippen molar-refractivity contribution in [2.45, 2.75) is 24.3 Å². The fourth-order valence-electron chi connectivity index (χ4n) is 3.60. The van der Waals surface area contributed by atoms with Crippen LogP contribution in [0.4, 0.5) is 5.69 Å². The van der Waals surface area contributed by atoms with E-state index in [1.54, 1.807) is 18.2 Å². The Kier molecular flexibility index (Phi) is 4.24. The normalized spacial score (nSPS) is 20.1. The van der Waals surface area contributed by atoms with E-state index < -0.39 is 16.1 Å². The van der Waals surface area contributed by atoms with Gasteiger partial charge in [-0.15, -0.1) is 0 Å². The van der Waals surface area contributed by atoms with Crippen molar-refractivity contribution in [3.63, 3.8) is 0 Å². The zero-order valence-corrected chi connectivity index (χ0v) is 15.5. The lowest BCUT2D eigenvalue weighted by molar-refractivity contribution is -0.127. The zero-order valence-electron chi connectivity index (χ0n) is 14.7. The van der Waals surface area contributed by atoms with Crippen molar-refractivity contribution >= 4 is 27.5 Å². The number of anilines is 1. The summed E-state index contributed by atoms with van der Waals surface area (Å²) in [5.74, 6) is -0.494. The second-order valence-corrected chi connectivity index (χ2v) is 8.60. The lowest BCUT2D eigenvalue weighted by Gasteiger charge is -2.35. The first kappa shape index (κ1) is 17.7. The molecule has 1 fully saturated rings. The van der Waals surface area contributed by atoms with Crippen molar-refractivity contribution in [2.75, 3.05) is 18.4 Å². The van der Waals surface area contributed by atoms with Crippen LogP contribution in [0.15, 0.2) is 47.4 Å². The summed E-state index contributed by atoms with van der Waals surface area (Å²) in [5.41, 5.74) is 2.79. The van der Waals surface area contributed by atoms with Gasteiger partial charge in [0.05, 0.1) is 11.3 Å². The Bertz CT molecular complexity index is 1050. The maximum atomic E-state index is 13.3. The van der Waals surface area contributed by atoms with Gasteiger partial charge in [-0.3, -0.25) is 9.59 Å². The molecule has 0 aromatic heterocycles. The van der Waals surface area contributed by atoms with Gasteiger partial charge in [-0.1, -0.05) is 24.3 Å². The molecule has 0 radical (unpaired) electrons. The molecular weight excluding hydrogens is 366 g/mol. The number of nitrogens with zero attached hydrogens (tertiary/aromatic N) is 1. The average molecular weight is 385 g/mol. The highest BCUT2D eigenvalue weighted by Gasteiger charge is 2.40. The van der Waals surface area contributed by atoms with Crippen LogP contribution in [0.3, 0.4) is 0 Å². The maximum Gasteiger partial charge on any atom is 0.244 e. The van der Waals surface area contributed by atoms with Crippen LogP contribution in [-0.4, -0.2) is 37.6 Å². The van der Waals surface area contributed by atoms with E-state index in [1.165, 1.54) is 16.4 Å². The molecule has 1 unspecified atom stereocenters. The lowest BCUT2D eigenvalue weighted by Crippen LogP contribution is -2.52. The first-order valence-electron chi connectivity index (χ1n) is 8.66. The number of benzene rings is 2. The van der Waals surface area contributed by atoms with Gasteiger partial charge in [-0.25, -0.2) is 8.42 Å². The molecule has 2 N–H and O–H groups in total. The van der Waals surface area contributed by atoms with Gasteiger partial charge in [-0.05, 0) is 41.8 Å². The maximum absolute atomic E-state index is 13.3. The van der Waals surface area contributed by atoms with Gasteiger partial charge >= 0.3 is 0 Å². The molecule has 1 atom stereocenters. The number of fused-ring (bicyclic) bond motifs is 1. The van der Waals surface area contributed by atoms with Crippen LogP contribution >= 0.6 is 0 Å². The molecule has 1 saturated heterocycles. The monoisotopic (exact) mass is 385 g/mol. The molecule has 2 heterocycles. The first-order valence-corrected chi connectivity index (χ1v) is 10.1. The second kappa shape index (κ2) is 6.47. The summed E-state index contributed by atoms with van der Waals surface area (Å²) >= 11 is 0. The summed E-state index contributed by atoms with van der Waals surface area (Å²) in [7, 11) is -3.91. The Morgan fingerprint density at radius 1 is 1.11 bits per heavy atom. The quantitative estimate of drug-likeness (QED) is 0.834. The number of sulfonamides is 1. The topological polar surface area (TPSA) is 95.6 Å². The highest BCUT2D eigenvalue weighted by Crippen LogP contribution is 2.33. The predicted octanol–water partition coefficient (Wildman–Crippen LogP) is 1.35. The van der Waals surface area contributed by atoms with Gasteiger partial charge in [0.1, 0.15) is 6.04 Å². The summed E-state index contributed by atoms with van der Waals surface area (Å²) in [4.78, 5) is 24.2. The smallest absolute Gasteiger partial charge is 0.244 e. The Morgan fingerprint density at radius 2 is 1.89 bits per heavy atom. The minimum Gasteiger partial charge on any atom is -0.353 e. The highest BCUT2D eigenvalue weighted by atomic mass is 32.2. The Labute approximate surface area is 157 Å². The van der Waals surface area contributed by atoms with Crippen molar-refractivity contribution in [3.05, 3.63) is 59.2 Å². The van der Waals surface area contributed by atoms with Crippen molar-refractivity contribution in [3.8, 4) is 0 Å². The molecule has 2 aromatic rings. The summed E-state index contributed by atoms with van der Waals surface area (Å²) in [6.45, 7) is 2.29. The third-order valence-electron chi connectivity index (χ3n) is 4.96. The van der Waals surface area contributed by atoms with E-state index >= 15 is 0 Å². The minimum absolute atomic E-state index is 0.0889. The van der Waals surface area contributed by atoms with Crippen LogP contribution < -0.4 is 10.6 Å². The highest BCUT2D eigenvalue weighted by molar-refractivity contribution is 7.89. The van der Waals surface area contributed by atoms with Gasteiger partial charge in [0, 0.05) is 18.8 Å². The molecule has 7 nitrogen and oxygen atoms in total. The van der Waals surface area contributed by atoms with E-state index in [0.717, 1.165) is 5.56 Å². The fraction of sp³-hybridized carbons (Fsp3) is 0.263. The van der Waals surface area contributed by atoms with Gasteiger partial charge in [0.25, 0.3) is 0 Å². The van der Waals surface area contributed by atoms with Gasteiger partial charge in [0.15, 0.2) is 0 Å². The zero-order chi connectivity index (χ0) is 19.2. The molecule has 0 saturated carbocycles. The van der Waals surface area contributed by atoms with Gasteiger partial charge in [-0.2, -0.15) is 4.31 Å². The van der Waals surface area contributed by atoms with Crippen molar-refractivity contribution in [2.24, 2.45) is 0 Å². The summed E-state index contributed by atoms with van der Waals surface area (Å²) < 4.78 is 27.9. The van der Waals surface area contributed by atoms with Crippen molar-refractivity contribution < 1.29 is 18.0 Å². The molecule has 8 heteroatoms.